The number of nitrogens with one attached hydrogen (secondary N) is 2. The van der Waals surface area contributed by atoms with Crippen molar-refractivity contribution in [1.82, 2.24) is 10.6 Å². The summed E-state index contributed by atoms with van der Waals surface area (Å²) >= 11 is 2.23. The molecule has 1 heterocycles. The number of hydrogen-bond acceptors (Lipinski definition) is 5. The summed E-state index contributed by atoms with van der Waals surface area (Å²) in [6.45, 7) is 5.87. The lowest BCUT2D eigenvalue weighted by Crippen LogP contribution is -2.50. The number of carbonyl (C=O) groups excluding carboxylic acids is 1. The first-order valence-corrected chi connectivity index (χ1v) is 11.9. The minimum Gasteiger partial charge on any atom is -0.493 e. The molecule has 2 aromatic carbocycles. The molecule has 1 aliphatic heterocycles. The summed E-state index contributed by atoms with van der Waals surface area (Å²) in [4.78, 5) is 12.4. The number of amides is 1. The highest BCUT2D eigenvalue weighted by Crippen LogP contribution is 2.33. The maximum absolute atomic E-state index is 13.7. The van der Waals surface area contributed by atoms with Crippen LogP contribution < -0.4 is 15.4 Å². The van der Waals surface area contributed by atoms with E-state index < -0.39 is 35.5 Å². The molecule has 9 heteroatoms. The maximum atomic E-state index is 13.7. The fourth-order valence-corrected chi connectivity index (χ4v) is 4.22. The summed E-state index contributed by atoms with van der Waals surface area (Å²) in [5.41, 5.74) is 0.592. The predicted octanol–water partition coefficient (Wildman–Crippen LogP) is 4.48. The zero-order valence-corrected chi connectivity index (χ0v) is 21.0. The van der Waals surface area contributed by atoms with Gasteiger partial charge in [-0.3, -0.25) is 0 Å². The standard InChI is InChI=1S/C24H29F2IN2O4/c1-24(2,3)33-23(31)29-20(10-14-8-15(25)11-16(26)9-14)21(30)13-28-19-6-7-32-22-5-4-17(27)12-18(19)22/h4-5,8-9,11-12,19-21,28,30H,6-7,10,13H2,1-3H3,(H,29,31)/t19?,20-,21?/m0/s1. The molecule has 0 aromatic heterocycles. The van der Waals surface area contributed by atoms with Gasteiger partial charge in [0.15, 0.2) is 0 Å². The van der Waals surface area contributed by atoms with Gasteiger partial charge in [-0.1, -0.05) is 0 Å². The number of ether oxygens (including phenoxy) is 2. The molecule has 0 fully saturated rings. The van der Waals surface area contributed by atoms with Crippen molar-refractivity contribution >= 4 is 28.7 Å². The van der Waals surface area contributed by atoms with Crippen LogP contribution in [-0.4, -0.2) is 42.1 Å². The van der Waals surface area contributed by atoms with Crippen LogP contribution in [0.1, 0.15) is 44.4 Å². The number of rotatable bonds is 7. The van der Waals surface area contributed by atoms with Gasteiger partial charge in [0.25, 0.3) is 0 Å². The second-order valence-corrected chi connectivity index (χ2v) is 10.3. The van der Waals surface area contributed by atoms with Gasteiger partial charge in [-0.25, -0.2) is 13.6 Å². The Bertz CT molecular complexity index is 963. The van der Waals surface area contributed by atoms with E-state index in [1.807, 2.05) is 18.2 Å². The van der Waals surface area contributed by atoms with Crippen LogP contribution in [0.5, 0.6) is 5.75 Å². The van der Waals surface area contributed by atoms with Gasteiger partial charge in [-0.2, -0.15) is 0 Å². The molecule has 2 unspecified atom stereocenters. The van der Waals surface area contributed by atoms with E-state index in [1.54, 1.807) is 20.8 Å². The van der Waals surface area contributed by atoms with Crippen molar-refractivity contribution in [3.05, 3.63) is 62.7 Å². The van der Waals surface area contributed by atoms with Gasteiger partial charge >= 0.3 is 6.09 Å². The van der Waals surface area contributed by atoms with E-state index in [0.717, 1.165) is 27.4 Å². The Morgan fingerprint density at radius 3 is 2.61 bits per heavy atom. The zero-order valence-electron chi connectivity index (χ0n) is 18.8. The molecule has 33 heavy (non-hydrogen) atoms. The van der Waals surface area contributed by atoms with E-state index in [2.05, 4.69) is 33.2 Å². The molecule has 3 N–H and O–H groups in total. The van der Waals surface area contributed by atoms with Gasteiger partial charge in [0, 0.05) is 34.2 Å². The number of hydrogen-bond donors (Lipinski definition) is 3. The Balaban J connectivity index is 1.72. The fourth-order valence-electron chi connectivity index (χ4n) is 3.71. The lowest BCUT2D eigenvalue weighted by molar-refractivity contribution is 0.0418. The Labute approximate surface area is 206 Å². The van der Waals surface area contributed by atoms with Crippen LogP contribution in [0.25, 0.3) is 0 Å². The van der Waals surface area contributed by atoms with E-state index in [4.69, 9.17) is 9.47 Å². The normalized spacial score (nSPS) is 17.5. The van der Waals surface area contributed by atoms with E-state index >= 15 is 0 Å². The summed E-state index contributed by atoms with van der Waals surface area (Å²) in [6.07, 6.45) is -1.01. The van der Waals surface area contributed by atoms with Crippen LogP contribution in [0.2, 0.25) is 0 Å². The van der Waals surface area contributed by atoms with E-state index in [-0.39, 0.29) is 19.0 Å². The van der Waals surface area contributed by atoms with Gasteiger partial charge < -0.3 is 25.2 Å². The molecule has 180 valence electrons. The number of fused-ring (bicyclic) bond motifs is 1. The number of alkyl carbamates (subject to hydrolysis) is 1. The SMILES string of the molecule is CC(C)(C)OC(=O)N[C@@H](Cc1cc(F)cc(F)c1)C(O)CNC1CCOc2ccc(I)cc21. The van der Waals surface area contributed by atoms with Crippen molar-refractivity contribution < 1.29 is 28.2 Å². The highest BCUT2D eigenvalue weighted by molar-refractivity contribution is 14.1. The molecule has 6 nitrogen and oxygen atoms in total. The van der Waals surface area contributed by atoms with Crippen molar-refractivity contribution in [2.45, 2.75) is 57.4 Å². The average molecular weight is 574 g/mol. The second-order valence-electron chi connectivity index (χ2n) is 9.08. The van der Waals surface area contributed by atoms with Gasteiger partial charge in [-0.05, 0) is 85.7 Å². The number of halogens is 3. The maximum Gasteiger partial charge on any atom is 0.407 e. The summed E-state index contributed by atoms with van der Waals surface area (Å²) in [5.74, 6) is -0.642. The predicted molar refractivity (Wildman–Crippen MR) is 129 cm³/mol. The van der Waals surface area contributed by atoms with Crippen molar-refractivity contribution in [2.24, 2.45) is 0 Å². The lowest BCUT2D eigenvalue weighted by atomic mass is 9.98. The summed E-state index contributed by atoms with van der Waals surface area (Å²) < 4.78 is 39.5. The topological polar surface area (TPSA) is 79.8 Å². The largest absolute Gasteiger partial charge is 0.493 e. The Hall–Kier alpha value is -1.98. The highest BCUT2D eigenvalue weighted by Gasteiger charge is 2.28. The van der Waals surface area contributed by atoms with Crippen LogP contribution in [-0.2, 0) is 11.2 Å². The molecule has 0 spiro atoms. The summed E-state index contributed by atoms with van der Waals surface area (Å²) in [5, 5.41) is 16.9. The molecule has 0 saturated heterocycles. The quantitative estimate of drug-likeness (QED) is 0.426. The van der Waals surface area contributed by atoms with Crippen molar-refractivity contribution in [3.8, 4) is 5.75 Å². The van der Waals surface area contributed by atoms with Crippen LogP contribution in [0.4, 0.5) is 13.6 Å². The minimum absolute atomic E-state index is 0.0268. The molecule has 0 radical (unpaired) electrons. The molecule has 0 bridgehead atoms. The van der Waals surface area contributed by atoms with Crippen LogP contribution in [0, 0.1) is 15.2 Å². The first kappa shape index (κ1) is 25.6. The third-order valence-corrected chi connectivity index (χ3v) is 5.80. The fraction of sp³-hybridized carbons (Fsp3) is 0.458. The van der Waals surface area contributed by atoms with Crippen molar-refractivity contribution in [2.75, 3.05) is 13.2 Å². The Morgan fingerprint density at radius 1 is 1.24 bits per heavy atom. The average Bonchev–Trinajstić information content (AvgIpc) is 2.69. The Morgan fingerprint density at radius 2 is 1.94 bits per heavy atom. The molecule has 0 saturated carbocycles. The van der Waals surface area contributed by atoms with Crippen LogP contribution in [0.15, 0.2) is 36.4 Å². The van der Waals surface area contributed by atoms with Gasteiger partial charge in [0.1, 0.15) is 23.0 Å². The third-order valence-electron chi connectivity index (χ3n) is 5.13. The van der Waals surface area contributed by atoms with Crippen molar-refractivity contribution in [3.63, 3.8) is 0 Å². The third kappa shape index (κ3) is 7.79. The van der Waals surface area contributed by atoms with Gasteiger partial charge in [0.05, 0.1) is 18.8 Å². The molecule has 3 rings (SSSR count). The monoisotopic (exact) mass is 574 g/mol. The molecule has 0 aliphatic carbocycles. The van der Waals surface area contributed by atoms with Gasteiger partial charge in [-0.15, -0.1) is 0 Å². The molecular formula is C24H29F2IN2O4. The summed E-state index contributed by atoms with van der Waals surface area (Å²) in [7, 11) is 0. The second kappa shape index (κ2) is 11.0. The Kier molecular flexibility index (Phi) is 8.52. The lowest BCUT2D eigenvalue weighted by Gasteiger charge is -2.30. The van der Waals surface area contributed by atoms with Crippen LogP contribution >= 0.6 is 22.6 Å². The van der Waals surface area contributed by atoms with E-state index in [0.29, 0.717) is 12.2 Å². The molecule has 1 aliphatic rings. The smallest absolute Gasteiger partial charge is 0.407 e. The molecule has 2 aromatic rings. The number of aliphatic hydroxyl groups is 1. The summed E-state index contributed by atoms with van der Waals surface area (Å²) in [6, 6.07) is 8.21. The first-order valence-electron chi connectivity index (χ1n) is 10.8. The first-order chi connectivity index (χ1) is 15.5. The number of aliphatic hydroxyl groups excluding tert-OH is 1. The highest BCUT2D eigenvalue weighted by atomic mass is 127. The van der Waals surface area contributed by atoms with Gasteiger partial charge in [0.2, 0.25) is 0 Å². The molecular weight excluding hydrogens is 545 g/mol. The molecule has 3 atom stereocenters. The van der Waals surface area contributed by atoms with E-state index in [1.165, 1.54) is 12.1 Å². The molecule has 1 amide bonds. The van der Waals surface area contributed by atoms with E-state index in [9.17, 15) is 18.7 Å². The zero-order chi connectivity index (χ0) is 24.2. The number of carbonyl (C=O) groups is 1. The van der Waals surface area contributed by atoms with Crippen molar-refractivity contribution in [1.29, 1.82) is 0 Å². The minimum atomic E-state index is -1.04. The number of benzene rings is 2. The van der Waals surface area contributed by atoms with Crippen LogP contribution in [0.3, 0.4) is 0 Å².